The van der Waals surface area contributed by atoms with Crippen molar-refractivity contribution in [1.82, 2.24) is 4.98 Å². The Kier molecular flexibility index (Phi) is 5.33. The molecule has 2 aromatic carbocycles. The number of nitrogens with one attached hydrogen (secondary N) is 1. The first-order valence-corrected chi connectivity index (χ1v) is 8.48. The lowest BCUT2D eigenvalue weighted by Gasteiger charge is -2.09. The van der Waals surface area contributed by atoms with Crippen LogP contribution >= 0.6 is 11.6 Å². The van der Waals surface area contributed by atoms with Crippen LogP contribution in [0, 0.1) is 0 Å². The van der Waals surface area contributed by atoms with Gasteiger partial charge in [0.05, 0.1) is 5.52 Å². The first kappa shape index (κ1) is 19.8. The predicted octanol–water partition coefficient (Wildman–Crippen LogP) is 5.27. The lowest BCUT2D eigenvalue weighted by atomic mass is 10.1. The zero-order valence-corrected chi connectivity index (χ0v) is 15.1. The van der Waals surface area contributed by atoms with E-state index in [1.807, 2.05) is 0 Å². The standard InChI is InChI=1S/C19H13ClF3NO4/c1-2-15(25)27-18-13-8-5-11(20)9-14(13)24-16(18)17(26)10-3-6-12(7-4-10)28-19(21,22)23/h3-9,24H,2H2,1H3. The SMILES string of the molecule is CCC(=O)Oc1c(C(=O)c2ccc(OC(F)(F)F)cc2)[nH]c2cc(Cl)ccc12. The molecule has 0 atom stereocenters. The molecule has 5 nitrogen and oxygen atoms in total. The normalized spacial score (nSPS) is 11.5. The molecule has 28 heavy (non-hydrogen) atoms. The number of ketones is 1. The smallest absolute Gasteiger partial charge is 0.423 e. The maximum absolute atomic E-state index is 12.9. The maximum atomic E-state index is 12.9. The molecule has 0 amide bonds. The zero-order chi connectivity index (χ0) is 20.5. The molecule has 0 unspecified atom stereocenters. The van der Waals surface area contributed by atoms with Crippen LogP contribution in [0.5, 0.6) is 11.5 Å². The highest BCUT2D eigenvalue weighted by molar-refractivity contribution is 6.31. The lowest BCUT2D eigenvalue weighted by molar-refractivity contribution is -0.274. The molecule has 0 saturated carbocycles. The predicted molar refractivity (Wildman–Crippen MR) is 95.8 cm³/mol. The van der Waals surface area contributed by atoms with Crippen molar-refractivity contribution in [2.24, 2.45) is 0 Å². The van der Waals surface area contributed by atoms with Crippen LogP contribution in [0.1, 0.15) is 29.4 Å². The molecule has 0 aliphatic carbocycles. The highest BCUT2D eigenvalue weighted by Gasteiger charge is 2.31. The number of rotatable bonds is 5. The summed E-state index contributed by atoms with van der Waals surface area (Å²) in [6, 6.07) is 9.18. The van der Waals surface area contributed by atoms with Crippen LogP contribution in [0.25, 0.3) is 10.9 Å². The number of aromatic nitrogens is 1. The summed E-state index contributed by atoms with van der Waals surface area (Å²) in [4.78, 5) is 27.5. The molecule has 0 bridgehead atoms. The van der Waals surface area contributed by atoms with Gasteiger partial charge in [0.2, 0.25) is 5.78 Å². The summed E-state index contributed by atoms with van der Waals surface area (Å²) in [7, 11) is 0. The van der Waals surface area contributed by atoms with Gasteiger partial charge in [-0.1, -0.05) is 18.5 Å². The summed E-state index contributed by atoms with van der Waals surface area (Å²) in [5, 5.41) is 0.890. The van der Waals surface area contributed by atoms with E-state index in [9.17, 15) is 22.8 Å². The van der Waals surface area contributed by atoms with Gasteiger partial charge in [-0.3, -0.25) is 9.59 Å². The number of carbonyl (C=O) groups excluding carboxylic acids is 2. The van der Waals surface area contributed by atoms with Crippen molar-refractivity contribution >= 4 is 34.3 Å². The third-order valence-electron chi connectivity index (χ3n) is 3.79. The maximum Gasteiger partial charge on any atom is 0.573 e. The van der Waals surface area contributed by atoms with Crippen molar-refractivity contribution in [1.29, 1.82) is 0 Å². The molecule has 1 aromatic heterocycles. The van der Waals surface area contributed by atoms with Gasteiger partial charge in [0.1, 0.15) is 11.4 Å². The first-order valence-electron chi connectivity index (χ1n) is 8.10. The van der Waals surface area contributed by atoms with E-state index >= 15 is 0 Å². The van der Waals surface area contributed by atoms with Crippen LogP contribution in [0.4, 0.5) is 13.2 Å². The largest absolute Gasteiger partial charge is 0.573 e. The second-order valence-electron chi connectivity index (χ2n) is 5.75. The fraction of sp³-hybridized carbons (Fsp3) is 0.158. The Morgan fingerprint density at radius 3 is 2.39 bits per heavy atom. The second kappa shape index (κ2) is 7.55. The van der Waals surface area contributed by atoms with Crippen LogP contribution in [-0.4, -0.2) is 23.1 Å². The molecule has 0 aliphatic heterocycles. The Hall–Kier alpha value is -3.00. The molecule has 3 rings (SSSR count). The van der Waals surface area contributed by atoms with E-state index in [0.29, 0.717) is 15.9 Å². The van der Waals surface area contributed by atoms with Gasteiger partial charge in [-0.15, -0.1) is 13.2 Å². The number of ether oxygens (including phenoxy) is 2. The van der Waals surface area contributed by atoms with Crippen LogP contribution in [0.2, 0.25) is 5.02 Å². The first-order chi connectivity index (χ1) is 13.2. The molecule has 1 N–H and O–H groups in total. The number of aromatic amines is 1. The molecule has 146 valence electrons. The van der Waals surface area contributed by atoms with Gasteiger partial charge in [-0.2, -0.15) is 0 Å². The second-order valence-corrected chi connectivity index (χ2v) is 6.18. The highest BCUT2D eigenvalue weighted by atomic mass is 35.5. The lowest BCUT2D eigenvalue weighted by Crippen LogP contribution is -2.17. The molecule has 0 aliphatic rings. The van der Waals surface area contributed by atoms with Crippen molar-refractivity contribution in [3.05, 3.63) is 58.7 Å². The number of carbonyl (C=O) groups is 2. The van der Waals surface area contributed by atoms with Gasteiger partial charge in [0, 0.05) is 22.4 Å². The van der Waals surface area contributed by atoms with Gasteiger partial charge in [-0.05, 0) is 42.5 Å². The van der Waals surface area contributed by atoms with E-state index in [2.05, 4.69) is 9.72 Å². The molecule has 3 aromatic rings. The third kappa shape index (κ3) is 4.28. The minimum Gasteiger partial charge on any atom is -0.423 e. The molecule has 0 radical (unpaired) electrons. The van der Waals surface area contributed by atoms with Crippen LogP contribution in [0.3, 0.4) is 0 Å². The molecule has 1 heterocycles. The van der Waals surface area contributed by atoms with Gasteiger partial charge < -0.3 is 14.5 Å². The average Bonchev–Trinajstić information content (AvgIpc) is 2.97. The summed E-state index contributed by atoms with van der Waals surface area (Å²) >= 11 is 5.96. The number of hydrogen-bond acceptors (Lipinski definition) is 4. The van der Waals surface area contributed by atoms with Gasteiger partial charge in [0.15, 0.2) is 5.75 Å². The number of alkyl halides is 3. The Morgan fingerprint density at radius 2 is 1.79 bits per heavy atom. The molecular formula is C19H13ClF3NO4. The summed E-state index contributed by atoms with van der Waals surface area (Å²) < 4.78 is 45.9. The number of hydrogen-bond donors (Lipinski definition) is 1. The van der Waals surface area contributed by atoms with E-state index in [1.54, 1.807) is 25.1 Å². The van der Waals surface area contributed by atoms with Gasteiger partial charge in [-0.25, -0.2) is 0 Å². The Morgan fingerprint density at radius 1 is 1.11 bits per heavy atom. The number of benzene rings is 2. The minimum absolute atomic E-state index is 0.0106. The number of fused-ring (bicyclic) bond motifs is 1. The summed E-state index contributed by atoms with van der Waals surface area (Å²) in [5.41, 5.74) is 0.552. The Labute approximate surface area is 162 Å². The summed E-state index contributed by atoms with van der Waals surface area (Å²) in [6.07, 6.45) is -4.74. The summed E-state index contributed by atoms with van der Waals surface area (Å²) in [6.45, 7) is 1.61. The van der Waals surface area contributed by atoms with E-state index in [-0.39, 0.29) is 23.4 Å². The highest BCUT2D eigenvalue weighted by Crippen LogP contribution is 2.34. The molecule has 9 heteroatoms. The minimum atomic E-state index is -4.83. The zero-order valence-electron chi connectivity index (χ0n) is 14.4. The fourth-order valence-electron chi connectivity index (χ4n) is 2.55. The van der Waals surface area contributed by atoms with E-state index in [1.165, 1.54) is 12.1 Å². The van der Waals surface area contributed by atoms with Crippen LogP contribution in [0.15, 0.2) is 42.5 Å². The molecule has 0 saturated heterocycles. The molecule has 0 spiro atoms. The van der Waals surface area contributed by atoms with Crippen molar-refractivity contribution in [3.63, 3.8) is 0 Å². The average molecular weight is 412 g/mol. The monoisotopic (exact) mass is 411 g/mol. The van der Waals surface area contributed by atoms with Crippen molar-refractivity contribution in [2.45, 2.75) is 19.7 Å². The molecule has 0 fully saturated rings. The topological polar surface area (TPSA) is 68.4 Å². The number of H-pyrrole nitrogens is 1. The van der Waals surface area contributed by atoms with E-state index in [0.717, 1.165) is 12.1 Å². The van der Waals surface area contributed by atoms with E-state index < -0.39 is 23.9 Å². The summed E-state index contributed by atoms with van der Waals surface area (Å²) in [5.74, 6) is -1.52. The number of esters is 1. The van der Waals surface area contributed by atoms with Gasteiger partial charge in [0.25, 0.3) is 0 Å². The number of halogens is 4. The van der Waals surface area contributed by atoms with Crippen molar-refractivity contribution in [3.8, 4) is 11.5 Å². The van der Waals surface area contributed by atoms with Gasteiger partial charge >= 0.3 is 12.3 Å². The van der Waals surface area contributed by atoms with Crippen LogP contribution in [-0.2, 0) is 4.79 Å². The third-order valence-corrected chi connectivity index (χ3v) is 4.03. The fourth-order valence-corrected chi connectivity index (χ4v) is 2.72. The molecular weight excluding hydrogens is 399 g/mol. The van der Waals surface area contributed by atoms with Crippen molar-refractivity contribution < 1.29 is 32.2 Å². The van der Waals surface area contributed by atoms with Crippen molar-refractivity contribution in [2.75, 3.05) is 0 Å². The Bertz CT molecular complexity index is 1040. The van der Waals surface area contributed by atoms with E-state index in [4.69, 9.17) is 16.3 Å². The quantitative estimate of drug-likeness (QED) is 0.459. The Balaban J connectivity index is 2.00. The van der Waals surface area contributed by atoms with Crippen LogP contribution < -0.4 is 9.47 Å².